The van der Waals surface area contributed by atoms with Gasteiger partial charge < -0.3 is 10.1 Å². The Morgan fingerprint density at radius 3 is 2.42 bits per heavy atom. The van der Waals surface area contributed by atoms with Crippen LogP contribution in [-0.4, -0.2) is 36.0 Å². The van der Waals surface area contributed by atoms with E-state index < -0.39 is 0 Å². The van der Waals surface area contributed by atoms with Crippen LogP contribution >= 0.6 is 11.3 Å². The Morgan fingerprint density at radius 1 is 1.13 bits per heavy atom. The molecule has 1 fully saturated rings. The number of benzene rings is 2. The lowest BCUT2D eigenvalue weighted by Gasteiger charge is -2.32. The van der Waals surface area contributed by atoms with Gasteiger partial charge in [0, 0.05) is 17.8 Å². The van der Waals surface area contributed by atoms with Gasteiger partial charge in [-0.05, 0) is 56.1 Å². The molecule has 1 aliphatic heterocycles. The van der Waals surface area contributed by atoms with Crippen molar-refractivity contribution >= 4 is 17.2 Å². The molecule has 3 aromatic rings. The van der Waals surface area contributed by atoms with Crippen LogP contribution in [0.25, 0.3) is 0 Å². The van der Waals surface area contributed by atoms with Gasteiger partial charge in [0.05, 0.1) is 23.9 Å². The monoisotopic (exact) mass is 435 g/mol. The summed E-state index contributed by atoms with van der Waals surface area (Å²) < 4.78 is 5.29. The number of hydrogen-bond acceptors (Lipinski definition) is 5. The molecule has 1 aromatic heterocycles. The van der Waals surface area contributed by atoms with E-state index in [-0.39, 0.29) is 17.9 Å². The van der Waals surface area contributed by atoms with Crippen LogP contribution in [0.4, 0.5) is 0 Å². The largest absolute Gasteiger partial charge is 0.497 e. The van der Waals surface area contributed by atoms with Crippen molar-refractivity contribution in [2.24, 2.45) is 5.92 Å². The number of ether oxygens (including phenoxy) is 1. The molecule has 0 aliphatic carbocycles. The molecule has 1 N–H and O–H groups in total. The first kappa shape index (κ1) is 21.5. The zero-order valence-corrected chi connectivity index (χ0v) is 18.9. The minimum absolute atomic E-state index is 0.0397. The maximum atomic E-state index is 13.2. The van der Waals surface area contributed by atoms with Gasteiger partial charge in [0.25, 0.3) is 0 Å². The third-order valence-corrected chi connectivity index (χ3v) is 6.70. The number of aromatic nitrogens is 1. The second-order valence-corrected chi connectivity index (χ2v) is 9.10. The summed E-state index contributed by atoms with van der Waals surface area (Å²) in [5.74, 6) is 0.983. The third-order valence-electron chi connectivity index (χ3n) is 5.88. The highest BCUT2D eigenvalue weighted by atomic mass is 32.1. The number of thiazole rings is 1. The van der Waals surface area contributed by atoms with Gasteiger partial charge in [-0.1, -0.05) is 42.5 Å². The molecule has 1 saturated heterocycles. The topological polar surface area (TPSA) is 54.5 Å². The van der Waals surface area contributed by atoms with Crippen molar-refractivity contribution in [2.45, 2.75) is 32.4 Å². The van der Waals surface area contributed by atoms with E-state index in [1.165, 1.54) is 0 Å². The second-order valence-electron chi connectivity index (χ2n) is 8.03. The van der Waals surface area contributed by atoms with Crippen LogP contribution < -0.4 is 10.1 Å². The highest BCUT2D eigenvalue weighted by Gasteiger charge is 2.27. The number of amides is 1. The number of piperidine rings is 1. The van der Waals surface area contributed by atoms with Gasteiger partial charge in [-0.25, -0.2) is 4.98 Å². The van der Waals surface area contributed by atoms with Gasteiger partial charge in [-0.15, -0.1) is 11.3 Å². The van der Waals surface area contributed by atoms with Crippen LogP contribution in [0, 0.1) is 12.8 Å². The van der Waals surface area contributed by atoms with E-state index in [0.717, 1.165) is 60.1 Å². The smallest absolute Gasteiger partial charge is 0.223 e. The molecule has 1 atom stereocenters. The van der Waals surface area contributed by atoms with E-state index in [1.54, 1.807) is 18.4 Å². The van der Waals surface area contributed by atoms with Crippen LogP contribution in [0.3, 0.4) is 0 Å². The first-order chi connectivity index (χ1) is 15.1. The number of nitrogens with one attached hydrogen (secondary N) is 1. The van der Waals surface area contributed by atoms with E-state index in [4.69, 9.17) is 4.74 Å². The zero-order chi connectivity index (χ0) is 21.6. The van der Waals surface area contributed by atoms with Crippen LogP contribution in [0.2, 0.25) is 0 Å². The molecule has 0 saturated carbocycles. The molecule has 1 unspecified atom stereocenters. The number of carbonyl (C=O) groups excluding carboxylic acids is 1. The second kappa shape index (κ2) is 10.1. The van der Waals surface area contributed by atoms with Crippen molar-refractivity contribution in [1.82, 2.24) is 15.2 Å². The SMILES string of the molecule is COc1ccc(C(NC(=O)C2CCN(Cc3csc(C)n3)CC2)c2ccccc2)cc1. The summed E-state index contributed by atoms with van der Waals surface area (Å²) in [6.45, 7) is 4.76. The average Bonchev–Trinajstić information content (AvgIpc) is 3.23. The lowest BCUT2D eigenvalue weighted by Crippen LogP contribution is -2.41. The molecule has 31 heavy (non-hydrogen) atoms. The molecule has 2 heterocycles. The third kappa shape index (κ3) is 5.51. The normalized spacial score (nSPS) is 16.1. The molecule has 6 heteroatoms. The molecular weight excluding hydrogens is 406 g/mol. The van der Waals surface area contributed by atoms with Crippen molar-refractivity contribution < 1.29 is 9.53 Å². The van der Waals surface area contributed by atoms with Gasteiger partial charge >= 0.3 is 0 Å². The van der Waals surface area contributed by atoms with Gasteiger partial charge in [0.15, 0.2) is 0 Å². The number of methoxy groups -OCH3 is 1. The van der Waals surface area contributed by atoms with Crippen molar-refractivity contribution in [2.75, 3.05) is 20.2 Å². The van der Waals surface area contributed by atoms with E-state index in [1.807, 2.05) is 49.4 Å². The molecule has 4 rings (SSSR count). The molecule has 1 aliphatic rings. The Hall–Kier alpha value is -2.70. The molecule has 0 radical (unpaired) electrons. The number of hydrogen-bond donors (Lipinski definition) is 1. The summed E-state index contributed by atoms with van der Waals surface area (Å²) in [5.41, 5.74) is 3.27. The van der Waals surface area contributed by atoms with Gasteiger partial charge in [0.2, 0.25) is 5.91 Å². The number of nitrogens with zero attached hydrogens (tertiary/aromatic N) is 2. The van der Waals surface area contributed by atoms with Crippen molar-refractivity contribution in [3.05, 3.63) is 81.8 Å². The predicted molar refractivity (Wildman–Crippen MR) is 124 cm³/mol. The van der Waals surface area contributed by atoms with Gasteiger partial charge in [-0.3, -0.25) is 9.69 Å². The fourth-order valence-corrected chi connectivity index (χ4v) is 4.73. The maximum Gasteiger partial charge on any atom is 0.223 e. The Kier molecular flexibility index (Phi) is 6.99. The summed E-state index contributed by atoms with van der Waals surface area (Å²) in [6.07, 6.45) is 1.75. The summed E-state index contributed by atoms with van der Waals surface area (Å²) in [5, 5.41) is 6.55. The van der Waals surface area contributed by atoms with Crippen LogP contribution in [0.1, 0.15) is 40.7 Å². The minimum atomic E-state index is -0.171. The molecule has 5 nitrogen and oxygen atoms in total. The maximum absolute atomic E-state index is 13.2. The van der Waals surface area contributed by atoms with E-state index in [0.29, 0.717) is 0 Å². The van der Waals surface area contributed by atoms with Crippen LogP contribution in [-0.2, 0) is 11.3 Å². The molecule has 1 amide bonds. The molecule has 0 spiro atoms. The number of aryl methyl sites for hydroxylation is 1. The molecule has 0 bridgehead atoms. The highest BCUT2D eigenvalue weighted by molar-refractivity contribution is 7.09. The zero-order valence-electron chi connectivity index (χ0n) is 18.1. The molecule has 162 valence electrons. The Morgan fingerprint density at radius 2 is 1.81 bits per heavy atom. The first-order valence-corrected chi connectivity index (χ1v) is 11.6. The van der Waals surface area contributed by atoms with Gasteiger partial charge in [0.1, 0.15) is 5.75 Å². The first-order valence-electron chi connectivity index (χ1n) is 10.7. The summed E-state index contributed by atoms with van der Waals surface area (Å²) in [7, 11) is 1.66. The molecule has 2 aromatic carbocycles. The molecular formula is C25H29N3O2S. The van der Waals surface area contributed by atoms with E-state index in [2.05, 4.69) is 32.7 Å². The van der Waals surface area contributed by atoms with E-state index >= 15 is 0 Å². The van der Waals surface area contributed by atoms with Crippen LogP contribution in [0.5, 0.6) is 5.75 Å². The van der Waals surface area contributed by atoms with Crippen molar-refractivity contribution in [1.29, 1.82) is 0 Å². The standard InChI is InChI=1S/C25H29N3O2S/c1-18-26-22(17-31-18)16-28-14-12-21(13-15-28)25(29)27-24(19-6-4-3-5-7-19)20-8-10-23(30-2)11-9-20/h3-11,17,21,24H,12-16H2,1-2H3,(H,27,29). The van der Waals surface area contributed by atoms with Crippen molar-refractivity contribution in [3.8, 4) is 5.75 Å². The summed E-state index contributed by atoms with van der Waals surface area (Å²) in [4.78, 5) is 20.1. The van der Waals surface area contributed by atoms with E-state index in [9.17, 15) is 4.79 Å². The lowest BCUT2D eigenvalue weighted by atomic mass is 9.93. The predicted octanol–water partition coefficient (Wildman–Crippen LogP) is 4.58. The Labute approximate surface area is 188 Å². The number of rotatable bonds is 7. The Balaban J connectivity index is 1.40. The average molecular weight is 436 g/mol. The number of carbonyl (C=O) groups is 1. The highest BCUT2D eigenvalue weighted by Crippen LogP contribution is 2.26. The van der Waals surface area contributed by atoms with Crippen molar-refractivity contribution in [3.63, 3.8) is 0 Å². The fraction of sp³-hybridized carbons (Fsp3) is 0.360. The quantitative estimate of drug-likeness (QED) is 0.590. The Bertz CT molecular complexity index is 980. The summed E-state index contributed by atoms with van der Waals surface area (Å²) in [6, 6.07) is 17.9. The summed E-state index contributed by atoms with van der Waals surface area (Å²) >= 11 is 1.69. The van der Waals surface area contributed by atoms with Gasteiger partial charge in [-0.2, -0.15) is 0 Å². The van der Waals surface area contributed by atoms with Crippen LogP contribution in [0.15, 0.2) is 60.0 Å². The number of likely N-dealkylation sites (tertiary alicyclic amines) is 1. The lowest BCUT2D eigenvalue weighted by molar-refractivity contribution is -0.127. The fourth-order valence-electron chi connectivity index (χ4n) is 4.12. The minimum Gasteiger partial charge on any atom is -0.497 e.